The van der Waals surface area contributed by atoms with Gasteiger partial charge in [-0.2, -0.15) is 0 Å². The third-order valence-corrected chi connectivity index (χ3v) is 8.94. The fourth-order valence-corrected chi connectivity index (χ4v) is 6.46. The number of ether oxygens (including phenoxy) is 6. The highest BCUT2D eigenvalue weighted by atomic mass is 16.6. The predicted octanol–water partition coefficient (Wildman–Crippen LogP) is 7.45. The van der Waals surface area contributed by atoms with Gasteiger partial charge >= 0.3 is 5.97 Å². The monoisotopic (exact) mass is 683 g/mol. The van der Waals surface area contributed by atoms with Gasteiger partial charge in [-0.1, -0.05) is 140 Å². The second-order valence-corrected chi connectivity index (χ2v) is 12.7. The van der Waals surface area contributed by atoms with Gasteiger partial charge in [0.2, 0.25) is 11.6 Å². The van der Waals surface area contributed by atoms with Crippen molar-refractivity contribution in [2.75, 3.05) is 6.61 Å². The van der Waals surface area contributed by atoms with Crippen molar-refractivity contribution in [2.45, 2.75) is 63.0 Å². The maximum Gasteiger partial charge on any atom is 0.317 e. The molecular formula is C43H41NO7. The van der Waals surface area contributed by atoms with Crippen LogP contribution in [0.1, 0.15) is 34.2 Å². The zero-order valence-electron chi connectivity index (χ0n) is 28.3. The molecule has 0 aliphatic carbocycles. The molecule has 8 nitrogen and oxygen atoms in total. The Balaban J connectivity index is 1.30. The first-order valence-corrected chi connectivity index (χ1v) is 17.3. The third kappa shape index (κ3) is 8.86. The molecule has 0 N–H and O–H groups in total. The zero-order valence-corrected chi connectivity index (χ0v) is 28.3. The molecule has 2 heterocycles. The number of aliphatic imine (C=N–C) groups is 1. The molecule has 0 saturated carbocycles. The first-order chi connectivity index (χ1) is 25.1. The number of hydrogen-bond acceptors (Lipinski definition) is 8. The van der Waals surface area contributed by atoms with Crippen molar-refractivity contribution in [3.63, 3.8) is 0 Å². The number of esters is 1. The van der Waals surface area contributed by atoms with Gasteiger partial charge in [-0.25, -0.2) is 4.99 Å². The van der Waals surface area contributed by atoms with Crippen molar-refractivity contribution < 1.29 is 33.2 Å². The molecule has 0 bridgehead atoms. The van der Waals surface area contributed by atoms with Crippen molar-refractivity contribution in [3.05, 3.63) is 179 Å². The average molecular weight is 684 g/mol. The van der Waals surface area contributed by atoms with E-state index in [0.717, 1.165) is 22.3 Å². The summed E-state index contributed by atoms with van der Waals surface area (Å²) in [6.45, 7) is 1.32. The Morgan fingerprint density at radius 3 is 1.55 bits per heavy atom. The number of nitrogens with zero attached hydrogens (tertiary/aromatic N) is 1. The summed E-state index contributed by atoms with van der Waals surface area (Å²) in [5, 5.41) is 0. The molecule has 1 saturated heterocycles. The van der Waals surface area contributed by atoms with Crippen LogP contribution in [-0.2, 0) is 59.6 Å². The van der Waals surface area contributed by atoms with Gasteiger partial charge < -0.3 is 28.4 Å². The van der Waals surface area contributed by atoms with E-state index < -0.39 is 36.1 Å². The molecule has 2 aliphatic heterocycles. The van der Waals surface area contributed by atoms with E-state index in [4.69, 9.17) is 33.4 Å². The van der Waals surface area contributed by atoms with E-state index in [-0.39, 0.29) is 32.1 Å². The Morgan fingerprint density at radius 2 is 1.02 bits per heavy atom. The van der Waals surface area contributed by atoms with E-state index in [9.17, 15) is 4.79 Å². The van der Waals surface area contributed by atoms with E-state index in [2.05, 4.69) is 0 Å². The quantitative estimate of drug-likeness (QED) is 0.113. The standard InChI is InChI=1S/C43H41NO7/c45-38-26-43(44-42(50-38)36-24-14-5-15-25-36)41(49-30-35-22-12-4-13-23-35)40(48-29-34-20-10-3-11-21-34)39(47-28-33-18-8-2-9-19-33)37(51-43)31-46-27-32-16-6-1-7-17-32/h1-25,37,39-41H,26-31H2/t37-,39+,40+,41-,43+/m1/s1. The molecule has 5 aromatic carbocycles. The molecule has 0 aromatic heterocycles. The minimum Gasteiger partial charge on any atom is -0.407 e. The van der Waals surface area contributed by atoms with Gasteiger partial charge in [0.1, 0.15) is 24.4 Å². The Kier molecular flexibility index (Phi) is 11.4. The summed E-state index contributed by atoms with van der Waals surface area (Å²) < 4.78 is 39.5. The molecule has 0 unspecified atom stereocenters. The summed E-state index contributed by atoms with van der Waals surface area (Å²) in [5.41, 5.74) is 3.10. The molecule has 7 rings (SSSR count). The highest BCUT2D eigenvalue weighted by molar-refractivity contribution is 6.02. The fourth-order valence-electron chi connectivity index (χ4n) is 6.46. The molecule has 2 aliphatic rings. The molecule has 8 heteroatoms. The van der Waals surface area contributed by atoms with Crippen molar-refractivity contribution in [1.29, 1.82) is 0 Å². The van der Waals surface area contributed by atoms with Gasteiger partial charge in [-0.05, 0) is 34.4 Å². The zero-order chi connectivity index (χ0) is 34.7. The first-order valence-electron chi connectivity index (χ1n) is 17.3. The summed E-state index contributed by atoms with van der Waals surface area (Å²) in [6.07, 6.45) is -3.15. The van der Waals surface area contributed by atoms with Gasteiger partial charge in [0, 0.05) is 5.56 Å². The summed E-state index contributed by atoms with van der Waals surface area (Å²) in [5.74, 6) is -0.318. The van der Waals surface area contributed by atoms with Crippen LogP contribution in [0.2, 0.25) is 0 Å². The molecule has 5 atom stereocenters. The van der Waals surface area contributed by atoms with Crippen LogP contribution >= 0.6 is 0 Å². The van der Waals surface area contributed by atoms with Gasteiger partial charge in [-0.3, -0.25) is 4.79 Å². The molecule has 0 amide bonds. The van der Waals surface area contributed by atoms with E-state index >= 15 is 0 Å². The smallest absolute Gasteiger partial charge is 0.317 e. The number of cyclic esters (lactones) is 1. The van der Waals surface area contributed by atoms with Gasteiger partial charge in [-0.15, -0.1) is 0 Å². The summed E-state index contributed by atoms with van der Waals surface area (Å²) >= 11 is 0. The largest absolute Gasteiger partial charge is 0.407 e. The van der Waals surface area contributed by atoms with Crippen LogP contribution < -0.4 is 0 Å². The van der Waals surface area contributed by atoms with E-state index in [1.54, 1.807) is 0 Å². The van der Waals surface area contributed by atoms with Crippen molar-refractivity contribution >= 4 is 11.9 Å². The van der Waals surface area contributed by atoms with Gasteiger partial charge in [0.05, 0.1) is 39.5 Å². The van der Waals surface area contributed by atoms with Crippen LogP contribution in [0.4, 0.5) is 0 Å². The van der Waals surface area contributed by atoms with Gasteiger partial charge in [0.15, 0.2) is 0 Å². The van der Waals surface area contributed by atoms with Crippen LogP contribution in [0.25, 0.3) is 0 Å². The lowest BCUT2D eigenvalue weighted by atomic mass is 9.87. The third-order valence-electron chi connectivity index (χ3n) is 8.94. The summed E-state index contributed by atoms with van der Waals surface area (Å²) in [4.78, 5) is 18.7. The topological polar surface area (TPSA) is 84.8 Å². The van der Waals surface area contributed by atoms with E-state index in [0.29, 0.717) is 18.8 Å². The highest BCUT2D eigenvalue weighted by Crippen LogP contribution is 2.42. The highest BCUT2D eigenvalue weighted by Gasteiger charge is 2.59. The molecular weight excluding hydrogens is 642 g/mol. The maximum atomic E-state index is 13.6. The molecule has 0 radical (unpaired) electrons. The van der Waals surface area contributed by atoms with Crippen molar-refractivity contribution in [3.8, 4) is 0 Å². The molecule has 260 valence electrons. The Morgan fingerprint density at radius 1 is 0.569 bits per heavy atom. The van der Waals surface area contributed by atoms with Gasteiger partial charge in [0.25, 0.3) is 0 Å². The Bertz CT molecular complexity index is 1840. The lowest BCUT2D eigenvalue weighted by Gasteiger charge is -2.51. The van der Waals surface area contributed by atoms with Crippen molar-refractivity contribution in [1.82, 2.24) is 0 Å². The second-order valence-electron chi connectivity index (χ2n) is 12.7. The number of carbonyl (C=O) groups excluding carboxylic acids is 1. The molecule has 5 aromatic rings. The van der Waals surface area contributed by atoms with E-state index in [1.165, 1.54) is 0 Å². The number of rotatable bonds is 14. The summed E-state index contributed by atoms with van der Waals surface area (Å²) in [7, 11) is 0. The molecule has 1 fully saturated rings. The molecule has 1 spiro atoms. The SMILES string of the molecule is O=C1C[C@]2(N=C(c3ccccc3)O1)O[C@H](COCc1ccccc1)[C@H](OCc1ccccc1)[C@H](OCc1ccccc1)[C@H]2OCc1ccccc1. The van der Waals surface area contributed by atoms with Crippen LogP contribution in [0, 0.1) is 0 Å². The first kappa shape index (κ1) is 34.5. The normalized spacial score (nSPS) is 23.1. The number of hydrogen-bond donors (Lipinski definition) is 0. The molecule has 51 heavy (non-hydrogen) atoms. The average Bonchev–Trinajstić information content (AvgIpc) is 3.18. The number of benzene rings is 5. The van der Waals surface area contributed by atoms with Crippen LogP contribution in [0.15, 0.2) is 157 Å². The van der Waals surface area contributed by atoms with Crippen molar-refractivity contribution in [2.24, 2.45) is 4.99 Å². The summed E-state index contributed by atoms with van der Waals surface area (Å²) in [6, 6.07) is 49.1. The van der Waals surface area contributed by atoms with E-state index in [1.807, 2.05) is 152 Å². The Labute approximate surface area is 298 Å². The fraction of sp³-hybridized carbons (Fsp3) is 0.256. The van der Waals surface area contributed by atoms with Crippen LogP contribution in [-0.4, -0.2) is 48.6 Å². The van der Waals surface area contributed by atoms with Crippen LogP contribution in [0.5, 0.6) is 0 Å². The minimum absolute atomic E-state index is 0.151. The Hall–Kier alpha value is -4.96. The van der Waals surface area contributed by atoms with Crippen LogP contribution in [0.3, 0.4) is 0 Å². The number of carbonyl (C=O) groups is 1. The maximum absolute atomic E-state index is 13.6. The lowest BCUT2D eigenvalue weighted by Crippen LogP contribution is -2.68. The minimum atomic E-state index is -1.51. The second kappa shape index (κ2) is 16.8. The predicted molar refractivity (Wildman–Crippen MR) is 192 cm³/mol. The lowest BCUT2D eigenvalue weighted by molar-refractivity contribution is -0.308.